The van der Waals surface area contributed by atoms with Gasteiger partial charge in [-0.2, -0.15) is 0 Å². The normalized spacial score (nSPS) is 25.5. The van der Waals surface area contributed by atoms with E-state index in [0.717, 1.165) is 19.3 Å². The molecule has 0 heterocycles. The highest BCUT2D eigenvalue weighted by Gasteiger charge is 2.39. The largest absolute Gasteiger partial charge is 0.380 e. The van der Waals surface area contributed by atoms with Crippen LogP contribution in [-0.4, -0.2) is 18.8 Å². The van der Waals surface area contributed by atoms with E-state index in [4.69, 9.17) is 10.5 Å². The van der Waals surface area contributed by atoms with Crippen LogP contribution < -0.4 is 5.73 Å². The number of hydrogen-bond donors (Lipinski definition) is 1. The Morgan fingerprint density at radius 2 is 2.20 bits per heavy atom. The quantitative estimate of drug-likeness (QED) is 0.646. The molecule has 0 aromatic heterocycles. The van der Waals surface area contributed by atoms with E-state index in [9.17, 15) is 0 Å². The van der Waals surface area contributed by atoms with Crippen molar-refractivity contribution in [2.24, 2.45) is 5.73 Å². The summed E-state index contributed by atoms with van der Waals surface area (Å²) in [6, 6.07) is 0. The van der Waals surface area contributed by atoms with Crippen LogP contribution in [0.15, 0.2) is 0 Å². The molecule has 0 radical (unpaired) electrons. The van der Waals surface area contributed by atoms with Crippen molar-refractivity contribution in [2.75, 3.05) is 7.11 Å². The van der Waals surface area contributed by atoms with Crippen LogP contribution in [0.4, 0.5) is 0 Å². The van der Waals surface area contributed by atoms with E-state index < -0.39 is 0 Å². The zero-order valence-electron chi connectivity index (χ0n) is 6.89. The van der Waals surface area contributed by atoms with Gasteiger partial charge < -0.3 is 10.5 Å². The second-order valence-corrected chi connectivity index (χ2v) is 3.22. The van der Waals surface area contributed by atoms with Gasteiger partial charge in [0.15, 0.2) is 0 Å². The van der Waals surface area contributed by atoms with Crippen LogP contribution in [0.25, 0.3) is 0 Å². The van der Waals surface area contributed by atoms with Gasteiger partial charge in [-0.05, 0) is 25.7 Å². The summed E-state index contributed by atoms with van der Waals surface area (Å²) in [4.78, 5) is 0. The average molecular weight is 143 g/mol. The Balaban J connectivity index is 2.43. The molecule has 1 unspecified atom stereocenters. The molecule has 0 aromatic rings. The van der Waals surface area contributed by atoms with Crippen molar-refractivity contribution in [3.63, 3.8) is 0 Å². The van der Waals surface area contributed by atoms with Gasteiger partial charge in [0.25, 0.3) is 0 Å². The first kappa shape index (κ1) is 8.02. The van der Waals surface area contributed by atoms with Gasteiger partial charge >= 0.3 is 0 Å². The van der Waals surface area contributed by atoms with Gasteiger partial charge in [0.2, 0.25) is 0 Å². The van der Waals surface area contributed by atoms with Crippen molar-refractivity contribution < 1.29 is 4.74 Å². The minimum atomic E-state index is 0.0174. The lowest BCUT2D eigenvalue weighted by molar-refractivity contribution is -0.00417. The number of ether oxygens (including phenoxy) is 1. The molecule has 0 saturated heterocycles. The highest BCUT2D eigenvalue weighted by Crippen LogP contribution is 2.34. The molecule has 0 spiro atoms. The van der Waals surface area contributed by atoms with E-state index in [-0.39, 0.29) is 11.6 Å². The smallest absolute Gasteiger partial charge is 0.0748 e. The summed E-state index contributed by atoms with van der Waals surface area (Å²) in [5.41, 5.74) is 6.06. The van der Waals surface area contributed by atoms with Crippen LogP contribution in [-0.2, 0) is 4.74 Å². The molecule has 1 atom stereocenters. The van der Waals surface area contributed by atoms with E-state index in [1.54, 1.807) is 7.11 Å². The summed E-state index contributed by atoms with van der Waals surface area (Å²) < 4.78 is 5.28. The standard InChI is InChI=1S/C8H17NO/c1-3-7(10-2)8(9)5-4-6-8/h7H,3-6,9H2,1-2H3. The van der Waals surface area contributed by atoms with Crippen molar-refractivity contribution in [3.8, 4) is 0 Å². The Bertz CT molecular complexity index is 106. The van der Waals surface area contributed by atoms with Gasteiger partial charge in [0.1, 0.15) is 0 Å². The first-order valence-corrected chi connectivity index (χ1v) is 4.04. The Labute approximate surface area is 62.7 Å². The number of rotatable bonds is 3. The summed E-state index contributed by atoms with van der Waals surface area (Å²) in [7, 11) is 1.75. The van der Waals surface area contributed by atoms with Crippen LogP contribution in [0, 0.1) is 0 Å². The maximum Gasteiger partial charge on any atom is 0.0748 e. The highest BCUT2D eigenvalue weighted by atomic mass is 16.5. The van der Waals surface area contributed by atoms with Crippen molar-refractivity contribution >= 4 is 0 Å². The van der Waals surface area contributed by atoms with Crippen molar-refractivity contribution in [3.05, 3.63) is 0 Å². The van der Waals surface area contributed by atoms with Crippen molar-refractivity contribution in [2.45, 2.75) is 44.2 Å². The fraction of sp³-hybridized carbons (Fsp3) is 1.00. The predicted octanol–water partition coefficient (Wildman–Crippen LogP) is 1.29. The Morgan fingerprint density at radius 3 is 2.30 bits per heavy atom. The molecular weight excluding hydrogens is 126 g/mol. The predicted molar refractivity (Wildman–Crippen MR) is 41.9 cm³/mol. The van der Waals surface area contributed by atoms with Crippen LogP contribution in [0.5, 0.6) is 0 Å². The van der Waals surface area contributed by atoms with Gasteiger partial charge in [0, 0.05) is 12.6 Å². The SMILES string of the molecule is CCC(OC)C1(N)CCC1. The second-order valence-electron chi connectivity index (χ2n) is 3.22. The third-order valence-electron chi connectivity index (χ3n) is 2.58. The molecule has 0 amide bonds. The van der Waals surface area contributed by atoms with Gasteiger partial charge in [-0.15, -0.1) is 0 Å². The van der Waals surface area contributed by atoms with Gasteiger partial charge in [-0.3, -0.25) is 0 Å². The third-order valence-corrected chi connectivity index (χ3v) is 2.58. The number of nitrogens with two attached hydrogens (primary N) is 1. The van der Waals surface area contributed by atoms with Crippen LogP contribution >= 0.6 is 0 Å². The molecule has 1 rings (SSSR count). The monoisotopic (exact) mass is 143 g/mol. The number of hydrogen-bond acceptors (Lipinski definition) is 2. The lowest BCUT2D eigenvalue weighted by Crippen LogP contribution is -2.56. The first-order chi connectivity index (χ1) is 4.73. The Morgan fingerprint density at radius 1 is 1.60 bits per heavy atom. The van der Waals surface area contributed by atoms with Crippen LogP contribution in [0.2, 0.25) is 0 Å². The Hall–Kier alpha value is -0.0800. The van der Waals surface area contributed by atoms with Crippen molar-refractivity contribution in [1.29, 1.82) is 0 Å². The minimum Gasteiger partial charge on any atom is -0.380 e. The maximum atomic E-state index is 6.04. The lowest BCUT2D eigenvalue weighted by atomic mass is 9.73. The topological polar surface area (TPSA) is 35.2 Å². The minimum absolute atomic E-state index is 0.0174. The Kier molecular flexibility index (Phi) is 2.32. The van der Waals surface area contributed by atoms with Crippen molar-refractivity contribution in [1.82, 2.24) is 0 Å². The summed E-state index contributed by atoms with van der Waals surface area (Å²) in [6.07, 6.45) is 4.86. The van der Waals surface area contributed by atoms with Gasteiger partial charge in [0.05, 0.1) is 6.10 Å². The van der Waals surface area contributed by atoms with Crippen LogP contribution in [0.3, 0.4) is 0 Å². The molecule has 1 fully saturated rings. The average Bonchev–Trinajstić information content (AvgIpc) is 1.87. The molecule has 10 heavy (non-hydrogen) atoms. The summed E-state index contributed by atoms with van der Waals surface area (Å²) in [6.45, 7) is 2.13. The van der Waals surface area contributed by atoms with E-state index >= 15 is 0 Å². The van der Waals surface area contributed by atoms with E-state index in [1.165, 1.54) is 6.42 Å². The third kappa shape index (κ3) is 1.18. The molecule has 2 heteroatoms. The second kappa shape index (κ2) is 2.89. The summed E-state index contributed by atoms with van der Waals surface area (Å²) in [5.74, 6) is 0. The van der Waals surface area contributed by atoms with E-state index in [2.05, 4.69) is 6.92 Å². The zero-order valence-corrected chi connectivity index (χ0v) is 6.89. The summed E-state index contributed by atoms with van der Waals surface area (Å²) in [5, 5.41) is 0. The zero-order chi connectivity index (χ0) is 7.61. The molecule has 60 valence electrons. The van der Waals surface area contributed by atoms with Gasteiger partial charge in [-0.1, -0.05) is 6.92 Å². The molecule has 0 bridgehead atoms. The lowest BCUT2D eigenvalue weighted by Gasteiger charge is -2.43. The molecule has 0 aromatic carbocycles. The van der Waals surface area contributed by atoms with E-state index in [0.29, 0.717) is 0 Å². The molecular formula is C8H17NO. The molecule has 2 N–H and O–H groups in total. The molecule has 1 aliphatic rings. The maximum absolute atomic E-state index is 6.04. The highest BCUT2D eigenvalue weighted by molar-refractivity contribution is 4.98. The fourth-order valence-electron chi connectivity index (χ4n) is 1.71. The summed E-state index contributed by atoms with van der Waals surface area (Å²) >= 11 is 0. The van der Waals surface area contributed by atoms with Gasteiger partial charge in [-0.25, -0.2) is 0 Å². The fourth-order valence-corrected chi connectivity index (χ4v) is 1.71. The molecule has 0 aliphatic heterocycles. The molecule has 1 saturated carbocycles. The van der Waals surface area contributed by atoms with E-state index in [1.807, 2.05) is 0 Å². The first-order valence-electron chi connectivity index (χ1n) is 4.04. The van der Waals surface area contributed by atoms with Crippen LogP contribution in [0.1, 0.15) is 32.6 Å². The molecule has 1 aliphatic carbocycles. The number of methoxy groups -OCH3 is 1. The molecule has 2 nitrogen and oxygen atoms in total.